The molecule has 2 aromatic rings. The molecule has 1 heterocycles. The molecule has 110 valence electrons. The van der Waals surface area contributed by atoms with Crippen LogP contribution in [0, 0.1) is 6.92 Å². The fourth-order valence-electron chi connectivity index (χ4n) is 2.10. The number of carbonyl (C=O) groups excluding carboxylic acids is 1. The molecule has 0 fully saturated rings. The Labute approximate surface area is 124 Å². The predicted octanol–water partition coefficient (Wildman–Crippen LogP) is 1.98. The summed E-state index contributed by atoms with van der Waals surface area (Å²) in [5, 5.41) is 0. The molecule has 2 rings (SSSR count). The maximum atomic E-state index is 11.3. The Morgan fingerprint density at radius 2 is 1.90 bits per heavy atom. The highest BCUT2D eigenvalue weighted by Gasteiger charge is 2.11. The summed E-state index contributed by atoms with van der Waals surface area (Å²) in [5.74, 6) is -0.528. The third-order valence-electron chi connectivity index (χ3n) is 3.24. The Hall–Kier alpha value is -2.40. The van der Waals surface area contributed by atoms with Crippen molar-refractivity contribution in [1.82, 2.24) is 4.98 Å². The molecule has 0 aliphatic heterocycles. The third kappa shape index (κ3) is 3.79. The van der Waals surface area contributed by atoms with Crippen molar-refractivity contribution in [3.63, 3.8) is 0 Å². The molecule has 0 saturated heterocycles. The lowest BCUT2D eigenvalue weighted by atomic mass is 10.2. The van der Waals surface area contributed by atoms with Gasteiger partial charge in [0.15, 0.2) is 0 Å². The van der Waals surface area contributed by atoms with Crippen molar-refractivity contribution in [3.05, 3.63) is 53.9 Å². The lowest BCUT2D eigenvalue weighted by molar-refractivity contribution is 0.0995. The minimum absolute atomic E-state index is 0.261. The van der Waals surface area contributed by atoms with Gasteiger partial charge in [0, 0.05) is 24.1 Å². The molecule has 0 aliphatic rings. The number of hydrogen-bond donors (Lipinski definition) is 2. The van der Waals surface area contributed by atoms with Crippen LogP contribution in [0.25, 0.3) is 0 Å². The van der Waals surface area contributed by atoms with Gasteiger partial charge in [0.2, 0.25) is 0 Å². The normalized spacial score (nSPS) is 10.4. The minimum Gasteiger partial charge on any atom is -0.364 e. The second-order valence-corrected chi connectivity index (χ2v) is 4.89. The highest BCUT2D eigenvalue weighted by molar-refractivity contribution is 5.91. The fraction of sp³-hybridized carbons (Fsp3) is 0.250. The molecule has 5 nitrogen and oxygen atoms in total. The average Bonchev–Trinajstić information content (AvgIpc) is 2.49. The number of hydrogen-bond acceptors (Lipinski definition) is 4. The SMILES string of the molecule is Cc1ccc(N(CCCN)c2ccnc(C(N)=O)c2)cc1. The van der Waals surface area contributed by atoms with Crippen LogP contribution in [0.5, 0.6) is 0 Å². The van der Waals surface area contributed by atoms with Crippen LogP contribution in [-0.2, 0) is 0 Å². The number of aromatic nitrogens is 1. The Morgan fingerprint density at radius 1 is 1.19 bits per heavy atom. The lowest BCUT2D eigenvalue weighted by Crippen LogP contribution is -2.22. The number of benzene rings is 1. The van der Waals surface area contributed by atoms with Crippen molar-refractivity contribution in [2.75, 3.05) is 18.0 Å². The monoisotopic (exact) mass is 284 g/mol. The summed E-state index contributed by atoms with van der Waals surface area (Å²) in [7, 11) is 0. The third-order valence-corrected chi connectivity index (χ3v) is 3.24. The van der Waals surface area contributed by atoms with Crippen molar-refractivity contribution in [3.8, 4) is 0 Å². The van der Waals surface area contributed by atoms with Crippen LogP contribution >= 0.6 is 0 Å². The minimum atomic E-state index is -0.528. The van der Waals surface area contributed by atoms with Gasteiger partial charge in [-0.25, -0.2) is 0 Å². The van der Waals surface area contributed by atoms with E-state index in [1.807, 2.05) is 13.0 Å². The van der Waals surface area contributed by atoms with E-state index in [0.717, 1.165) is 24.3 Å². The van der Waals surface area contributed by atoms with Crippen LogP contribution < -0.4 is 16.4 Å². The van der Waals surface area contributed by atoms with E-state index >= 15 is 0 Å². The topological polar surface area (TPSA) is 85.2 Å². The Balaban J connectivity index is 2.37. The molecule has 1 aromatic heterocycles. The quantitative estimate of drug-likeness (QED) is 0.849. The molecule has 5 heteroatoms. The van der Waals surface area contributed by atoms with Gasteiger partial charge in [-0.1, -0.05) is 17.7 Å². The molecule has 21 heavy (non-hydrogen) atoms. The molecule has 1 aromatic carbocycles. The van der Waals surface area contributed by atoms with Gasteiger partial charge < -0.3 is 16.4 Å². The molecule has 0 aliphatic carbocycles. The first-order valence-electron chi connectivity index (χ1n) is 6.92. The molecule has 1 amide bonds. The van der Waals surface area contributed by atoms with Crippen LogP contribution in [0.1, 0.15) is 22.5 Å². The maximum Gasteiger partial charge on any atom is 0.267 e. The predicted molar refractivity (Wildman–Crippen MR) is 84.6 cm³/mol. The number of pyridine rings is 1. The van der Waals surface area contributed by atoms with Crippen molar-refractivity contribution in [2.45, 2.75) is 13.3 Å². The lowest BCUT2D eigenvalue weighted by Gasteiger charge is -2.25. The Morgan fingerprint density at radius 3 is 2.52 bits per heavy atom. The summed E-state index contributed by atoms with van der Waals surface area (Å²) in [5.41, 5.74) is 14.3. The molecule has 0 radical (unpaired) electrons. The molecule has 0 bridgehead atoms. The number of nitrogens with two attached hydrogens (primary N) is 2. The second-order valence-electron chi connectivity index (χ2n) is 4.89. The number of aryl methyl sites for hydroxylation is 1. The number of nitrogens with zero attached hydrogens (tertiary/aromatic N) is 2. The zero-order chi connectivity index (χ0) is 15.2. The fourth-order valence-corrected chi connectivity index (χ4v) is 2.10. The largest absolute Gasteiger partial charge is 0.364 e. The van der Waals surface area contributed by atoms with Crippen LogP contribution in [0.2, 0.25) is 0 Å². The van der Waals surface area contributed by atoms with E-state index in [-0.39, 0.29) is 5.69 Å². The number of carbonyl (C=O) groups is 1. The maximum absolute atomic E-state index is 11.3. The number of amides is 1. The van der Waals surface area contributed by atoms with E-state index in [4.69, 9.17) is 11.5 Å². The highest BCUT2D eigenvalue weighted by Crippen LogP contribution is 2.26. The molecule has 0 spiro atoms. The number of rotatable bonds is 6. The number of anilines is 2. The Bertz CT molecular complexity index is 610. The van der Waals surface area contributed by atoms with Gasteiger partial charge in [-0.05, 0) is 44.2 Å². The highest BCUT2D eigenvalue weighted by atomic mass is 16.1. The first kappa shape index (κ1) is 15.0. The van der Waals surface area contributed by atoms with Crippen molar-refractivity contribution in [2.24, 2.45) is 11.5 Å². The first-order chi connectivity index (χ1) is 10.1. The second kappa shape index (κ2) is 6.85. The van der Waals surface area contributed by atoms with E-state index in [0.29, 0.717) is 6.54 Å². The van der Waals surface area contributed by atoms with Crippen molar-refractivity contribution < 1.29 is 4.79 Å². The summed E-state index contributed by atoms with van der Waals surface area (Å²) >= 11 is 0. The summed E-state index contributed by atoms with van der Waals surface area (Å²) in [6.45, 7) is 3.42. The van der Waals surface area contributed by atoms with Gasteiger partial charge in [-0.15, -0.1) is 0 Å². The zero-order valence-corrected chi connectivity index (χ0v) is 12.1. The van der Waals surface area contributed by atoms with Gasteiger partial charge in [0.25, 0.3) is 5.91 Å². The molecular weight excluding hydrogens is 264 g/mol. The van der Waals surface area contributed by atoms with Crippen LogP contribution in [0.15, 0.2) is 42.6 Å². The standard InChI is InChI=1S/C16H20N4O/c1-12-3-5-13(6-4-12)20(10-2-8-17)14-7-9-19-15(11-14)16(18)21/h3-7,9,11H,2,8,10,17H2,1H3,(H2,18,21). The number of primary amides is 1. The van der Waals surface area contributed by atoms with Crippen molar-refractivity contribution in [1.29, 1.82) is 0 Å². The van der Waals surface area contributed by atoms with Gasteiger partial charge in [0.1, 0.15) is 5.69 Å². The zero-order valence-electron chi connectivity index (χ0n) is 12.1. The van der Waals surface area contributed by atoms with Crippen LogP contribution in [0.4, 0.5) is 11.4 Å². The van der Waals surface area contributed by atoms with Crippen LogP contribution in [-0.4, -0.2) is 24.0 Å². The van der Waals surface area contributed by atoms with E-state index in [9.17, 15) is 4.79 Å². The van der Waals surface area contributed by atoms with E-state index in [1.54, 1.807) is 12.3 Å². The van der Waals surface area contributed by atoms with Gasteiger partial charge >= 0.3 is 0 Å². The summed E-state index contributed by atoms with van der Waals surface area (Å²) in [4.78, 5) is 17.4. The van der Waals surface area contributed by atoms with E-state index in [2.05, 4.69) is 34.1 Å². The summed E-state index contributed by atoms with van der Waals surface area (Å²) < 4.78 is 0. The van der Waals surface area contributed by atoms with Crippen LogP contribution in [0.3, 0.4) is 0 Å². The average molecular weight is 284 g/mol. The van der Waals surface area contributed by atoms with Gasteiger partial charge in [-0.3, -0.25) is 9.78 Å². The Kier molecular flexibility index (Phi) is 4.90. The van der Waals surface area contributed by atoms with E-state index in [1.165, 1.54) is 5.56 Å². The molecule has 0 saturated carbocycles. The van der Waals surface area contributed by atoms with Gasteiger partial charge in [-0.2, -0.15) is 0 Å². The summed E-state index contributed by atoms with van der Waals surface area (Å²) in [6, 6.07) is 11.8. The smallest absolute Gasteiger partial charge is 0.267 e. The molecule has 0 unspecified atom stereocenters. The van der Waals surface area contributed by atoms with Gasteiger partial charge in [0.05, 0.1) is 0 Å². The molecule has 4 N–H and O–H groups in total. The molecule has 0 atom stereocenters. The van der Waals surface area contributed by atoms with E-state index < -0.39 is 5.91 Å². The van der Waals surface area contributed by atoms with Crippen molar-refractivity contribution >= 4 is 17.3 Å². The summed E-state index contributed by atoms with van der Waals surface area (Å²) in [6.07, 6.45) is 2.45. The first-order valence-corrected chi connectivity index (χ1v) is 6.92. The molecular formula is C16H20N4O.